The van der Waals surface area contributed by atoms with Crippen molar-refractivity contribution < 1.29 is 4.42 Å². The molecule has 0 fully saturated rings. The lowest BCUT2D eigenvalue weighted by molar-refractivity contribution is 0.494. The molecule has 0 saturated heterocycles. The summed E-state index contributed by atoms with van der Waals surface area (Å²) >= 11 is 0. The Bertz CT molecular complexity index is 393. The Hall–Kier alpha value is -1.31. The van der Waals surface area contributed by atoms with Crippen molar-refractivity contribution in [1.29, 1.82) is 0 Å². The molecular formula is C13H19NO. The van der Waals surface area contributed by atoms with E-state index in [0.29, 0.717) is 0 Å². The zero-order valence-corrected chi connectivity index (χ0v) is 10.2. The zero-order chi connectivity index (χ0) is 11.4. The van der Waals surface area contributed by atoms with E-state index >= 15 is 0 Å². The van der Waals surface area contributed by atoms with Crippen LogP contribution in [0, 0.1) is 13.8 Å². The summed E-state index contributed by atoms with van der Waals surface area (Å²) in [5.74, 6) is 1.62. The Morgan fingerprint density at radius 3 is 2.40 bits per heavy atom. The highest BCUT2D eigenvalue weighted by Gasteiger charge is 2.03. The molecule has 15 heavy (non-hydrogen) atoms. The first kappa shape index (κ1) is 11.8. The Labute approximate surface area is 91.7 Å². The highest BCUT2D eigenvalue weighted by molar-refractivity contribution is 5.50. The van der Waals surface area contributed by atoms with Crippen molar-refractivity contribution in [2.45, 2.75) is 41.0 Å². The minimum atomic E-state index is 0.730. The second-order valence-corrected chi connectivity index (χ2v) is 4.15. The quantitative estimate of drug-likeness (QED) is 0.696. The molecule has 1 aromatic rings. The smallest absolute Gasteiger partial charge is 0.191 e. The minimum absolute atomic E-state index is 0.730. The van der Waals surface area contributed by atoms with E-state index in [4.69, 9.17) is 4.42 Å². The van der Waals surface area contributed by atoms with Crippen molar-refractivity contribution in [3.05, 3.63) is 34.6 Å². The molecule has 0 bridgehead atoms. The first-order chi connectivity index (χ1) is 6.99. The van der Waals surface area contributed by atoms with Gasteiger partial charge in [-0.25, -0.2) is 4.98 Å². The van der Waals surface area contributed by atoms with Crippen LogP contribution in [0.15, 0.2) is 21.6 Å². The molecule has 0 unspecified atom stereocenters. The van der Waals surface area contributed by atoms with Crippen LogP contribution in [0.25, 0.3) is 6.08 Å². The molecule has 1 heterocycles. The molecule has 0 aliphatic heterocycles. The average Bonchev–Trinajstić information content (AvgIpc) is 2.42. The number of aromatic nitrogens is 1. The molecule has 2 heteroatoms. The molecule has 2 nitrogen and oxygen atoms in total. The van der Waals surface area contributed by atoms with Crippen LogP contribution in [0.1, 0.15) is 44.5 Å². The van der Waals surface area contributed by atoms with Crippen molar-refractivity contribution in [2.75, 3.05) is 0 Å². The van der Waals surface area contributed by atoms with Crippen molar-refractivity contribution in [3.63, 3.8) is 0 Å². The Balaban J connectivity index is 2.78. The predicted molar refractivity (Wildman–Crippen MR) is 63.7 cm³/mol. The van der Waals surface area contributed by atoms with Gasteiger partial charge in [0.05, 0.1) is 0 Å². The lowest BCUT2D eigenvalue weighted by atomic mass is 10.1. The van der Waals surface area contributed by atoms with Gasteiger partial charge in [-0.1, -0.05) is 17.2 Å². The van der Waals surface area contributed by atoms with Gasteiger partial charge in [0.25, 0.3) is 0 Å². The van der Waals surface area contributed by atoms with Gasteiger partial charge in [0.15, 0.2) is 5.89 Å². The Morgan fingerprint density at radius 1 is 1.27 bits per heavy atom. The van der Waals surface area contributed by atoms with E-state index in [1.807, 2.05) is 13.8 Å². The van der Waals surface area contributed by atoms with E-state index in [9.17, 15) is 0 Å². The van der Waals surface area contributed by atoms with Gasteiger partial charge in [0, 0.05) is 6.92 Å². The van der Waals surface area contributed by atoms with Crippen LogP contribution >= 0.6 is 0 Å². The number of hydrogen-bond acceptors (Lipinski definition) is 2. The van der Waals surface area contributed by atoms with Gasteiger partial charge in [-0.2, -0.15) is 0 Å². The SMILES string of the molecule is CC(C)=CC/C(C)=C\c1nc(C)oc1C. The number of oxazole rings is 1. The monoisotopic (exact) mass is 205 g/mol. The second-order valence-electron chi connectivity index (χ2n) is 4.15. The summed E-state index contributed by atoms with van der Waals surface area (Å²) in [4.78, 5) is 4.31. The van der Waals surface area contributed by atoms with Crippen LogP contribution in [0.4, 0.5) is 0 Å². The van der Waals surface area contributed by atoms with Gasteiger partial charge in [0.2, 0.25) is 0 Å². The zero-order valence-electron chi connectivity index (χ0n) is 10.2. The van der Waals surface area contributed by atoms with E-state index in [2.05, 4.69) is 37.9 Å². The van der Waals surface area contributed by atoms with Crippen LogP contribution in [0.5, 0.6) is 0 Å². The summed E-state index contributed by atoms with van der Waals surface area (Å²) in [7, 11) is 0. The fourth-order valence-corrected chi connectivity index (χ4v) is 1.34. The Kier molecular flexibility index (Phi) is 3.89. The molecule has 0 aromatic carbocycles. The molecule has 0 spiro atoms. The highest BCUT2D eigenvalue weighted by atomic mass is 16.4. The van der Waals surface area contributed by atoms with Crippen molar-refractivity contribution in [1.82, 2.24) is 4.98 Å². The normalized spacial score (nSPS) is 11.7. The summed E-state index contributed by atoms with van der Waals surface area (Å²) in [5, 5.41) is 0. The molecule has 0 atom stereocenters. The molecule has 0 N–H and O–H groups in total. The fourth-order valence-electron chi connectivity index (χ4n) is 1.34. The molecule has 0 aliphatic rings. The van der Waals surface area contributed by atoms with Gasteiger partial charge in [-0.15, -0.1) is 0 Å². The maximum absolute atomic E-state index is 5.37. The van der Waals surface area contributed by atoms with Crippen LogP contribution < -0.4 is 0 Å². The molecule has 0 amide bonds. The van der Waals surface area contributed by atoms with Gasteiger partial charge < -0.3 is 4.42 Å². The molecular weight excluding hydrogens is 186 g/mol. The number of hydrogen-bond donors (Lipinski definition) is 0. The lowest BCUT2D eigenvalue weighted by Crippen LogP contribution is -1.80. The van der Waals surface area contributed by atoms with Gasteiger partial charge in [-0.3, -0.25) is 0 Å². The standard InChI is InChI=1S/C13H19NO/c1-9(2)6-7-10(3)8-13-11(4)15-12(5)14-13/h6,8H,7H2,1-5H3/b10-8-. The first-order valence-corrected chi connectivity index (χ1v) is 5.23. The van der Waals surface area contributed by atoms with Gasteiger partial charge in [-0.05, 0) is 40.2 Å². The molecule has 0 radical (unpaired) electrons. The minimum Gasteiger partial charge on any atom is -0.446 e. The summed E-state index contributed by atoms with van der Waals surface area (Å²) in [6, 6.07) is 0. The van der Waals surface area contributed by atoms with Gasteiger partial charge >= 0.3 is 0 Å². The van der Waals surface area contributed by atoms with Crippen LogP contribution in [-0.4, -0.2) is 4.98 Å². The third kappa shape index (κ3) is 3.74. The molecule has 1 rings (SSSR count). The number of nitrogens with zero attached hydrogens (tertiary/aromatic N) is 1. The van der Waals surface area contributed by atoms with Crippen molar-refractivity contribution >= 4 is 6.08 Å². The largest absolute Gasteiger partial charge is 0.446 e. The fraction of sp³-hybridized carbons (Fsp3) is 0.462. The molecule has 0 saturated carbocycles. The highest BCUT2D eigenvalue weighted by Crippen LogP contribution is 2.15. The first-order valence-electron chi connectivity index (χ1n) is 5.23. The van der Waals surface area contributed by atoms with E-state index in [-0.39, 0.29) is 0 Å². The van der Waals surface area contributed by atoms with E-state index in [1.165, 1.54) is 11.1 Å². The maximum Gasteiger partial charge on any atom is 0.191 e. The number of aryl methyl sites for hydroxylation is 2. The van der Waals surface area contributed by atoms with Gasteiger partial charge in [0.1, 0.15) is 11.5 Å². The number of rotatable bonds is 3. The topological polar surface area (TPSA) is 26.0 Å². The predicted octanol–water partition coefficient (Wildman–Crippen LogP) is 4.05. The maximum atomic E-state index is 5.37. The van der Waals surface area contributed by atoms with E-state index in [1.54, 1.807) is 0 Å². The third-order valence-electron chi connectivity index (χ3n) is 2.15. The summed E-state index contributed by atoms with van der Waals surface area (Å²) in [6.45, 7) is 10.1. The third-order valence-corrected chi connectivity index (χ3v) is 2.15. The second kappa shape index (κ2) is 4.96. The van der Waals surface area contributed by atoms with E-state index < -0.39 is 0 Å². The van der Waals surface area contributed by atoms with E-state index in [0.717, 1.165) is 23.8 Å². The summed E-state index contributed by atoms with van der Waals surface area (Å²) in [6.07, 6.45) is 5.28. The molecule has 0 aliphatic carbocycles. The molecule has 82 valence electrons. The summed E-state index contributed by atoms with van der Waals surface area (Å²) < 4.78 is 5.37. The summed E-state index contributed by atoms with van der Waals surface area (Å²) in [5.41, 5.74) is 3.59. The molecule has 1 aromatic heterocycles. The van der Waals surface area contributed by atoms with Crippen molar-refractivity contribution in [3.8, 4) is 0 Å². The lowest BCUT2D eigenvalue weighted by Gasteiger charge is -1.95. The Morgan fingerprint density at radius 2 is 1.93 bits per heavy atom. The van der Waals surface area contributed by atoms with Crippen LogP contribution in [0.2, 0.25) is 0 Å². The average molecular weight is 205 g/mol. The van der Waals surface area contributed by atoms with Crippen molar-refractivity contribution in [2.24, 2.45) is 0 Å². The van der Waals surface area contributed by atoms with Crippen LogP contribution in [-0.2, 0) is 0 Å². The number of allylic oxidation sites excluding steroid dienone is 3. The van der Waals surface area contributed by atoms with Crippen LogP contribution in [0.3, 0.4) is 0 Å².